The van der Waals surface area contributed by atoms with Crippen molar-refractivity contribution in [2.45, 2.75) is 12.5 Å². The average Bonchev–Trinajstić information content (AvgIpc) is 2.24. The summed E-state index contributed by atoms with van der Waals surface area (Å²) in [5.74, 6) is 6.09. The fourth-order valence-corrected chi connectivity index (χ4v) is 1.32. The van der Waals surface area contributed by atoms with Gasteiger partial charge in [-0.05, 0) is 24.6 Å². The van der Waals surface area contributed by atoms with Crippen molar-refractivity contribution in [3.05, 3.63) is 41.9 Å². The Labute approximate surface area is 94.8 Å². The molecule has 0 radical (unpaired) electrons. The molecule has 15 heavy (non-hydrogen) atoms. The molecule has 1 aromatic carbocycles. The average molecular weight is 227 g/mol. The van der Waals surface area contributed by atoms with Gasteiger partial charge in [-0.1, -0.05) is 23.7 Å². The van der Waals surface area contributed by atoms with E-state index in [0.29, 0.717) is 11.6 Å². The quantitative estimate of drug-likeness (QED) is 0.444. The first-order valence-corrected chi connectivity index (χ1v) is 5.09. The molecule has 1 aromatic rings. The molecule has 0 aliphatic rings. The van der Waals surface area contributed by atoms with Gasteiger partial charge in [-0.25, -0.2) is 0 Å². The van der Waals surface area contributed by atoms with Gasteiger partial charge in [0.15, 0.2) is 0 Å². The maximum absolute atomic E-state index is 5.82. The molecule has 3 nitrogen and oxygen atoms in total. The van der Waals surface area contributed by atoms with Crippen molar-refractivity contribution in [2.24, 2.45) is 5.84 Å². The normalized spacial score (nSPS) is 12.1. The third kappa shape index (κ3) is 4.34. The zero-order valence-corrected chi connectivity index (χ0v) is 9.20. The van der Waals surface area contributed by atoms with Crippen LogP contribution in [-0.2, 0) is 0 Å². The molecule has 0 aromatic heterocycles. The Balaban J connectivity index is 2.44. The van der Waals surface area contributed by atoms with Crippen LogP contribution in [0.5, 0.6) is 5.75 Å². The van der Waals surface area contributed by atoms with Crippen LogP contribution in [-0.4, -0.2) is 12.6 Å². The molecule has 0 amide bonds. The first kappa shape index (κ1) is 12.0. The van der Waals surface area contributed by atoms with Crippen molar-refractivity contribution in [1.82, 2.24) is 5.43 Å². The molecule has 0 aliphatic carbocycles. The Morgan fingerprint density at radius 3 is 3.00 bits per heavy atom. The number of hydrogen-bond donors (Lipinski definition) is 2. The molecule has 0 bridgehead atoms. The van der Waals surface area contributed by atoms with Gasteiger partial charge in [-0.2, -0.15) is 0 Å². The summed E-state index contributed by atoms with van der Waals surface area (Å²) in [6.45, 7) is 4.13. The van der Waals surface area contributed by atoms with Crippen LogP contribution < -0.4 is 16.0 Å². The topological polar surface area (TPSA) is 47.3 Å². The number of benzene rings is 1. The third-order valence-electron chi connectivity index (χ3n) is 1.93. The highest BCUT2D eigenvalue weighted by Crippen LogP contribution is 2.17. The minimum Gasteiger partial charge on any atom is -0.492 e. The van der Waals surface area contributed by atoms with Gasteiger partial charge in [0, 0.05) is 5.02 Å². The fraction of sp³-hybridized carbons (Fsp3) is 0.273. The molecule has 0 spiro atoms. The Kier molecular flexibility index (Phi) is 5.18. The van der Waals surface area contributed by atoms with E-state index >= 15 is 0 Å². The van der Waals surface area contributed by atoms with E-state index < -0.39 is 0 Å². The number of rotatable bonds is 6. The monoisotopic (exact) mass is 226 g/mol. The zero-order chi connectivity index (χ0) is 11.1. The summed E-state index contributed by atoms with van der Waals surface area (Å²) >= 11 is 5.82. The van der Waals surface area contributed by atoms with Gasteiger partial charge in [0.25, 0.3) is 0 Å². The predicted octanol–water partition coefficient (Wildman–Crippen LogP) is 2.13. The largest absolute Gasteiger partial charge is 0.492 e. The van der Waals surface area contributed by atoms with Crippen molar-refractivity contribution in [1.29, 1.82) is 0 Å². The first-order chi connectivity index (χ1) is 7.26. The van der Waals surface area contributed by atoms with Gasteiger partial charge in [0.05, 0.1) is 6.04 Å². The van der Waals surface area contributed by atoms with Gasteiger partial charge in [-0.3, -0.25) is 11.3 Å². The van der Waals surface area contributed by atoms with E-state index in [4.69, 9.17) is 22.2 Å². The minimum absolute atomic E-state index is 0.0708. The third-order valence-corrected chi connectivity index (χ3v) is 2.17. The van der Waals surface area contributed by atoms with Crippen molar-refractivity contribution < 1.29 is 4.74 Å². The molecule has 82 valence electrons. The van der Waals surface area contributed by atoms with Crippen molar-refractivity contribution in [2.75, 3.05) is 6.61 Å². The predicted molar refractivity (Wildman–Crippen MR) is 62.9 cm³/mol. The first-order valence-electron chi connectivity index (χ1n) is 4.71. The van der Waals surface area contributed by atoms with Gasteiger partial charge >= 0.3 is 0 Å². The number of ether oxygens (including phenoxy) is 1. The Morgan fingerprint density at radius 2 is 2.40 bits per heavy atom. The lowest BCUT2D eigenvalue weighted by Crippen LogP contribution is -2.39. The zero-order valence-electron chi connectivity index (χ0n) is 8.45. The highest BCUT2D eigenvalue weighted by molar-refractivity contribution is 6.30. The van der Waals surface area contributed by atoms with Crippen LogP contribution in [0.4, 0.5) is 0 Å². The van der Waals surface area contributed by atoms with Crippen molar-refractivity contribution in [3.8, 4) is 5.75 Å². The molecular formula is C11H15ClN2O. The van der Waals surface area contributed by atoms with Crippen molar-refractivity contribution >= 4 is 11.6 Å². The van der Waals surface area contributed by atoms with E-state index in [0.717, 1.165) is 12.2 Å². The Morgan fingerprint density at radius 1 is 1.60 bits per heavy atom. The van der Waals surface area contributed by atoms with E-state index in [1.54, 1.807) is 18.2 Å². The highest BCUT2D eigenvalue weighted by atomic mass is 35.5. The summed E-state index contributed by atoms with van der Waals surface area (Å²) in [4.78, 5) is 0. The molecule has 0 aliphatic heterocycles. The molecule has 1 atom stereocenters. The summed E-state index contributed by atoms with van der Waals surface area (Å²) in [6, 6.07) is 7.34. The second-order valence-corrected chi connectivity index (χ2v) is 3.59. The number of nitrogens with one attached hydrogen (secondary N) is 1. The van der Waals surface area contributed by atoms with E-state index in [1.807, 2.05) is 12.1 Å². The standard InChI is InChI=1S/C11H15ClN2O/c1-2-4-10(14-13)8-15-11-6-3-5-9(12)7-11/h2-3,5-7,10,14H,1,4,8,13H2. The van der Waals surface area contributed by atoms with Crippen LogP contribution >= 0.6 is 11.6 Å². The molecule has 4 heteroatoms. The highest BCUT2D eigenvalue weighted by Gasteiger charge is 2.04. The number of nitrogens with two attached hydrogens (primary N) is 1. The Bertz CT molecular complexity index is 317. The van der Waals surface area contributed by atoms with Crippen LogP contribution in [0, 0.1) is 0 Å². The summed E-state index contributed by atoms with van der Waals surface area (Å²) in [6.07, 6.45) is 2.56. The molecule has 3 N–H and O–H groups in total. The summed E-state index contributed by atoms with van der Waals surface area (Å²) in [5.41, 5.74) is 2.66. The van der Waals surface area contributed by atoms with Gasteiger partial charge < -0.3 is 4.74 Å². The maximum atomic E-state index is 5.82. The van der Waals surface area contributed by atoms with Crippen LogP contribution in [0.3, 0.4) is 0 Å². The summed E-state index contributed by atoms with van der Waals surface area (Å²) in [5, 5.41) is 0.661. The van der Waals surface area contributed by atoms with E-state index in [9.17, 15) is 0 Å². The van der Waals surface area contributed by atoms with Crippen LogP contribution in [0.1, 0.15) is 6.42 Å². The lowest BCUT2D eigenvalue weighted by molar-refractivity contribution is 0.266. The maximum Gasteiger partial charge on any atom is 0.120 e. The van der Waals surface area contributed by atoms with E-state index in [1.165, 1.54) is 0 Å². The van der Waals surface area contributed by atoms with Gasteiger partial charge in [-0.15, -0.1) is 6.58 Å². The molecule has 0 saturated carbocycles. The van der Waals surface area contributed by atoms with Crippen LogP contribution in [0.15, 0.2) is 36.9 Å². The molecule has 0 saturated heterocycles. The van der Waals surface area contributed by atoms with E-state index in [2.05, 4.69) is 12.0 Å². The number of hydrogen-bond acceptors (Lipinski definition) is 3. The van der Waals surface area contributed by atoms with Gasteiger partial charge in [0.1, 0.15) is 12.4 Å². The second-order valence-electron chi connectivity index (χ2n) is 3.16. The Hall–Kier alpha value is -1.03. The van der Waals surface area contributed by atoms with Crippen LogP contribution in [0.25, 0.3) is 0 Å². The molecule has 1 rings (SSSR count). The molecular weight excluding hydrogens is 212 g/mol. The van der Waals surface area contributed by atoms with Crippen LogP contribution in [0.2, 0.25) is 5.02 Å². The smallest absolute Gasteiger partial charge is 0.120 e. The molecule has 0 fully saturated rings. The lowest BCUT2D eigenvalue weighted by atomic mass is 10.2. The fourth-order valence-electron chi connectivity index (χ4n) is 1.14. The number of halogens is 1. The summed E-state index contributed by atoms with van der Waals surface area (Å²) in [7, 11) is 0. The van der Waals surface area contributed by atoms with Crippen molar-refractivity contribution in [3.63, 3.8) is 0 Å². The lowest BCUT2D eigenvalue weighted by Gasteiger charge is -2.14. The van der Waals surface area contributed by atoms with Gasteiger partial charge in [0.2, 0.25) is 0 Å². The summed E-state index contributed by atoms with van der Waals surface area (Å²) < 4.78 is 5.52. The molecule has 1 unspecified atom stereocenters. The second kappa shape index (κ2) is 6.45. The SMILES string of the molecule is C=CCC(COc1cccc(Cl)c1)NN. The van der Waals surface area contributed by atoms with E-state index in [-0.39, 0.29) is 6.04 Å². The minimum atomic E-state index is 0.0708. The number of hydrazine groups is 1. The molecule has 0 heterocycles.